The smallest absolute Gasteiger partial charge is 0.336 e. The molecule has 0 aliphatic rings. The van der Waals surface area contributed by atoms with E-state index in [9.17, 15) is 17.6 Å². The van der Waals surface area contributed by atoms with E-state index in [-0.39, 0.29) is 16.0 Å². The van der Waals surface area contributed by atoms with Gasteiger partial charge in [-0.15, -0.1) is 0 Å². The van der Waals surface area contributed by atoms with Crippen molar-refractivity contribution in [1.29, 1.82) is 0 Å². The maximum Gasteiger partial charge on any atom is 0.336 e. The predicted molar refractivity (Wildman–Crippen MR) is 71.9 cm³/mol. The van der Waals surface area contributed by atoms with Gasteiger partial charge in [0.1, 0.15) is 5.82 Å². The topological polar surface area (TPSA) is 71.4 Å². The van der Waals surface area contributed by atoms with Gasteiger partial charge in [0.2, 0.25) is 0 Å². The molecular formula is C14H11FO4S. The van der Waals surface area contributed by atoms with E-state index in [1.165, 1.54) is 24.3 Å². The molecule has 0 spiro atoms. The molecule has 0 saturated heterocycles. The highest BCUT2D eigenvalue weighted by Gasteiger charge is 2.15. The van der Waals surface area contributed by atoms with Crippen LogP contribution in [0.3, 0.4) is 0 Å². The molecule has 20 heavy (non-hydrogen) atoms. The summed E-state index contributed by atoms with van der Waals surface area (Å²) < 4.78 is 36.3. The highest BCUT2D eigenvalue weighted by molar-refractivity contribution is 7.90. The average molecular weight is 294 g/mol. The Hall–Kier alpha value is -2.21. The van der Waals surface area contributed by atoms with Crippen LogP contribution in [0.5, 0.6) is 0 Å². The van der Waals surface area contributed by atoms with Gasteiger partial charge in [-0.2, -0.15) is 0 Å². The summed E-state index contributed by atoms with van der Waals surface area (Å²) in [6, 6.07) is 9.03. The van der Waals surface area contributed by atoms with Crippen molar-refractivity contribution in [2.75, 3.05) is 6.26 Å². The fourth-order valence-corrected chi connectivity index (χ4v) is 2.50. The molecule has 4 nitrogen and oxygen atoms in total. The van der Waals surface area contributed by atoms with Gasteiger partial charge in [0.25, 0.3) is 0 Å². The molecule has 2 rings (SSSR count). The number of hydrogen-bond acceptors (Lipinski definition) is 3. The number of carboxylic acid groups (broad SMARTS) is 1. The summed E-state index contributed by atoms with van der Waals surface area (Å²) in [5, 5.41) is 9.11. The number of carboxylic acids is 1. The number of halogens is 1. The van der Waals surface area contributed by atoms with Gasteiger partial charge in [-0.1, -0.05) is 12.1 Å². The Kier molecular flexibility index (Phi) is 3.59. The second-order valence-electron chi connectivity index (χ2n) is 4.30. The molecule has 2 aromatic carbocycles. The zero-order chi connectivity index (χ0) is 14.9. The monoisotopic (exact) mass is 294 g/mol. The largest absolute Gasteiger partial charge is 0.478 e. The minimum Gasteiger partial charge on any atom is -0.478 e. The van der Waals surface area contributed by atoms with Crippen LogP contribution in [-0.4, -0.2) is 25.7 Å². The van der Waals surface area contributed by atoms with Crippen LogP contribution in [0.1, 0.15) is 10.4 Å². The molecule has 0 aromatic heterocycles. The van der Waals surface area contributed by atoms with E-state index >= 15 is 0 Å². The maximum atomic E-state index is 13.3. The van der Waals surface area contributed by atoms with E-state index in [0.717, 1.165) is 24.5 Å². The molecule has 2 aromatic rings. The first-order chi connectivity index (χ1) is 9.29. The van der Waals surface area contributed by atoms with Crippen LogP contribution < -0.4 is 0 Å². The lowest BCUT2D eigenvalue weighted by molar-refractivity contribution is 0.0697. The first-order valence-corrected chi connectivity index (χ1v) is 7.51. The first kappa shape index (κ1) is 14.2. The van der Waals surface area contributed by atoms with Gasteiger partial charge in [-0.05, 0) is 41.5 Å². The Labute approximate surface area is 115 Å². The lowest BCUT2D eigenvalue weighted by atomic mass is 9.99. The molecule has 0 radical (unpaired) electrons. The normalized spacial score (nSPS) is 11.3. The molecule has 6 heteroatoms. The quantitative estimate of drug-likeness (QED) is 0.944. The summed E-state index contributed by atoms with van der Waals surface area (Å²) in [6.45, 7) is 0. The predicted octanol–water partition coefficient (Wildman–Crippen LogP) is 2.59. The Morgan fingerprint density at radius 3 is 2.45 bits per heavy atom. The molecule has 0 bridgehead atoms. The summed E-state index contributed by atoms with van der Waals surface area (Å²) in [6.07, 6.45) is 1.05. The molecule has 0 aliphatic heterocycles. The summed E-state index contributed by atoms with van der Waals surface area (Å²) >= 11 is 0. The van der Waals surface area contributed by atoms with Gasteiger partial charge < -0.3 is 5.11 Å². The van der Waals surface area contributed by atoms with Gasteiger partial charge in [0.15, 0.2) is 9.84 Å². The number of sulfone groups is 1. The van der Waals surface area contributed by atoms with Crippen LogP contribution >= 0.6 is 0 Å². The fraction of sp³-hybridized carbons (Fsp3) is 0.0714. The third-order valence-electron chi connectivity index (χ3n) is 2.79. The molecule has 0 fully saturated rings. The summed E-state index contributed by atoms with van der Waals surface area (Å²) in [4.78, 5) is 11.2. The minimum atomic E-state index is -3.42. The van der Waals surface area contributed by atoms with Crippen molar-refractivity contribution < 1.29 is 22.7 Å². The fourth-order valence-electron chi connectivity index (χ4n) is 1.84. The number of carbonyl (C=O) groups is 1. The van der Waals surface area contributed by atoms with E-state index in [4.69, 9.17) is 5.11 Å². The van der Waals surface area contributed by atoms with E-state index in [1.807, 2.05) is 0 Å². The Morgan fingerprint density at radius 1 is 1.15 bits per heavy atom. The molecule has 0 heterocycles. The number of benzene rings is 2. The molecule has 0 amide bonds. The molecule has 1 N–H and O–H groups in total. The summed E-state index contributed by atoms with van der Waals surface area (Å²) in [5.41, 5.74) is 0.393. The van der Waals surface area contributed by atoms with Crippen molar-refractivity contribution in [3.05, 3.63) is 53.8 Å². The van der Waals surface area contributed by atoms with Gasteiger partial charge in [0.05, 0.1) is 10.5 Å². The lowest BCUT2D eigenvalue weighted by Gasteiger charge is -2.08. The maximum absolute atomic E-state index is 13.3. The second kappa shape index (κ2) is 5.05. The molecule has 0 unspecified atom stereocenters. The Morgan fingerprint density at radius 2 is 1.85 bits per heavy atom. The summed E-state index contributed by atoms with van der Waals surface area (Å²) in [5.74, 6) is -1.79. The van der Waals surface area contributed by atoms with E-state index < -0.39 is 21.6 Å². The number of aromatic carboxylic acids is 1. The van der Waals surface area contributed by atoms with Crippen molar-refractivity contribution in [2.24, 2.45) is 0 Å². The Balaban J connectivity index is 2.68. The number of hydrogen-bond donors (Lipinski definition) is 1. The molecule has 104 valence electrons. The van der Waals surface area contributed by atoms with Crippen molar-refractivity contribution >= 4 is 15.8 Å². The van der Waals surface area contributed by atoms with Crippen LogP contribution in [0.4, 0.5) is 4.39 Å². The average Bonchev–Trinajstić information content (AvgIpc) is 2.37. The van der Waals surface area contributed by atoms with Crippen molar-refractivity contribution in [2.45, 2.75) is 4.90 Å². The van der Waals surface area contributed by atoms with Gasteiger partial charge in [-0.3, -0.25) is 0 Å². The molecule has 0 atom stereocenters. The van der Waals surface area contributed by atoms with Crippen molar-refractivity contribution in [3.63, 3.8) is 0 Å². The summed E-state index contributed by atoms with van der Waals surface area (Å²) in [7, 11) is -3.42. The SMILES string of the molecule is CS(=O)(=O)c1cccc(-c2cc(F)ccc2C(=O)O)c1. The third-order valence-corrected chi connectivity index (χ3v) is 3.90. The van der Waals surface area contributed by atoms with E-state index in [1.54, 1.807) is 0 Å². The zero-order valence-corrected chi connectivity index (χ0v) is 11.3. The first-order valence-electron chi connectivity index (χ1n) is 5.62. The van der Waals surface area contributed by atoms with Gasteiger partial charge >= 0.3 is 5.97 Å². The highest BCUT2D eigenvalue weighted by Crippen LogP contribution is 2.27. The van der Waals surface area contributed by atoms with Crippen LogP contribution in [0.15, 0.2) is 47.4 Å². The van der Waals surface area contributed by atoms with Crippen LogP contribution in [0.25, 0.3) is 11.1 Å². The standard InChI is InChI=1S/C14H11FO4S/c1-20(18,19)11-4-2-3-9(7-11)13-8-10(15)5-6-12(13)14(16)17/h2-8H,1H3,(H,16,17). The second-order valence-corrected chi connectivity index (χ2v) is 6.31. The zero-order valence-electron chi connectivity index (χ0n) is 10.5. The van der Waals surface area contributed by atoms with E-state index in [2.05, 4.69) is 0 Å². The van der Waals surface area contributed by atoms with Gasteiger partial charge in [-0.25, -0.2) is 17.6 Å². The van der Waals surface area contributed by atoms with Crippen LogP contribution in [0.2, 0.25) is 0 Å². The van der Waals surface area contributed by atoms with Crippen molar-refractivity contribution in [1.82, 2.24) is 0 Å². The molecular weight excluding hydrogens is 283 g/mol. The van der Waals surface area contributed by atoms with Crippen molar-refractivity contribution in [3.8, 4) is 11.1 Å². The number of rotatable bonds is 3. The third kappa shape index (κ3) is 2.85. The molecule has 0 aliphatic carbocycles. The Bertz CT molecular complexity index is 782. The molecule has 0 saturated carbocycles. The van der Waals surface area contributed by atoms with Crippen LogP contribution in [-0.2, 0) is 9.84 Å². The van der Waals surface area contributed by atoms with E-state index in [0.29, 0.717) is 5.56 Å². The lowest BCUT2D eigenvalue weighted by Crippen LogP contribution is -2.01. The highest BCUT2D eigenvalue weighted by atomic mass is 32.2. The minimum absolute atomic E-state index is 0.0515. The van der Waals surface area contributed by atoms with Crippen LogP contribution in [0, 0.1) is 5.82 Å². The van der Waals surface area contributed by atoms with Gasteiger partial charge in [0, 0.05) is 6.26 Å².